The van der Waals surface area contributed by atoms with Crippen molar-refractivity contribution in [1.82, 2.24) is 4.90 Å². The molecule has 0 saturated carbocycles. The van der Waals surface area contributed by atoms with E-state index in [0.717, 1.165) is 25.9 Å². The maximum absolute atomic E-state index is 10.9. The van der Waals surface area contributed by atoms with Gasteiger partial charge in [0.15, 0.2) is 11.7 Å². The Labute approximate surface area is 112 Å². The fourth-order valence-corrected chi connectivity index (χ4v) is 2.15. The fourth-order valence-electron chi connectivity index (χ4n) is 2.15. The van der Waals surface area contributed by atoms with Crippen LogP contribution in [0.3, 0.4) is 0 Å². The van der Waals surface area contributed by atoms with Crippen molar-refractivity contribution in [3.05, 3.63) is 23.7 Å². The predicted octanol–water partition coefficient (Wildman–Crippen LogP) is 1.07. The van der Waals surface area contributed by atoms with Gasteiger partial charge in [0.05, 0.1) is 0 Å². The van der Waals surface area contributed by atoms with Gasteiger partial charge in [-0.05, 0) is 25.0 Å². The Morgan fingerprint density at radius 1 is 1.21 bits per heavy atom. The number of likely N-dealkylation sites (tertiary alicyclic amines) is 1. The van der Waals surface area contributed by atoms with Gasteiger partial charge in [-0.25, -0.2) is 4.99 Å². The molecular formula is C13H20N4O2. The number of hydrogen-bond acceptors (Lipinski definition) is 3. The molecule has 1 aromatic heterocycles. The monoisotopic (exact) mass is 264 g/mol. The Hall–Kier alpha value is -1.98. The van der Waals surface area contributed by atoms with Crippen LogP contribution in [0.1, 0.15) is 42.0 Å². The molecule has 104 valence electrons. The van der Waals surface area contributed by atoms with Gasteiger partial charge in [-0.1, -0.05) is 12.8 Å². The van der Waals surface area contributed by atoms with Crippen LogP contribution in [0.2, 0.25) is 0 Å². The largest absolute Gasteiger partial charge is 0.454 e. The lowest BCUT2D eigenvalue weighted by molar-refractivity contribution is 0.0972. The molecule has 1 saturated heterocycles. The maximum Gasteiger partial charge on any atom is 0.284 e. The molecule has 0 spiro atoms. The molecule has 1 aromatic rings. The van der Waals surface area contributed by atoms with Crippen LogP contribution in [0, 0.1) is 0 Å². The van der Waals surface area contributed by atoms with Crippen molar-refractivity contribution in [2.24, 2.45) is 16.5 Å². The minimum absolute atomic E-state index is 0.151. The molecule has 6 heteroatoms. The summed E-state index contributed by atoms with van der Waals surface area (Å²) in [5, 5.41) is 0. The summed E-state index contributed by atoms with van der Waals surface area (Å²) in [6.45, 7) is 2.25. The Kier molecular flexibility index (Phi) is 4.43. The SMILES string of the molecule is NC(=O)c1ccc(CN=C(N)N2CCCCCC2)o1. The van der Waals surface area contributed by atoms with Gasteiger partial charge in [0.25, 0.3) is 5.91 Å². The molecule has 2 heterocycles. The van der Waals surface area contributed by atoms with E-state index >= 15 is 0 Å². The van der Waals surface area contributed by atoms with Crippen LogP contribution >= 0.6 is 0 Å². The first kappa shape index (κ1) is 13.5. The molecule has 6 nitrogen and oxygen atoms in total. The lowest BCUT2D eigenvalue weighted by atomic mass is 10.2. The smallest absolute Gasteiger partial charge is 0.284 e. The molecular weight excluding hydrogens is 244 g/mol. The summed E-state index contributed by atoms with van der Waals surface area (Å²) in [5.74, 6) is 0.708. The number of nitrogens with two attached hydrogens (primary N) is 2. The van der Waals surface area contributed by atoms with E-state index in [0.29, 0.717) is 18.3 Å². The highest BCUT2D eigenvalue weighted by Crippen LogP contribution is 2.11. The summed E-state index contributed by atoms with van der Waals surface area (Å²) in [5.41, 5.74) is 11.1. The van der Waals surface area contributed by atoms with Gasteiger partial charge in [-0.15, -0.1) is 0 Å². The van der Waals surface area contributed by atoms with E-state index in [-0.39, 0.29) is 5.76 Å². The Morgan fingerprint density at radius 2 is 1.89 bits per heavy atom. The highest BCUT2D eigenvalue weighted by Gasteiger charge is 2.11. The molecule has 0 aliphatic carbocycles. The van der Waals surface area contributed by atoms with Crippen LogP contribution in [0.4, 0.5) is 0 Å². The highest BCUT2D eigenvalue weighted by atomic mass is 16.3. The lowest BCUT2D eigenvalue weighted by Gasteiger charge is -2.20. The molecule has 0 unspecified atom stereocenters. The Morgan fingerprint density at radius 3 is 2.47 bits per heavy atom. The summed E-state index contributed by atoms with van der Waals surface area (Å²) in [6, 6.07) is 3.24. The van der Waals surface area contributed by atoms with Crippen LogP contribution in [0.5, 0.6) is 0 Å². The first-order valence-corrected chi connectivity index (χ1v) is 6.60. The van der Waals surface area contributed by atoms with E-state index in [9.17, 15) is 4.79 Å². The van der Waals surface area contributed by atoms with E-state index in [1.54, 1.807) is 12.1 Å². The first-order valence-electron chi connectivity index (χ1n) is 6.60. The van der Waals surface area contributed by atoms with E-state index in [1.165, 1.54) is 12.8 Å². The number of primary amides is 1. The number of hydrogen-bond donors (Lipinski definition) is 2. The van der Waals surface area contributed by atoms with Crippen molar-refractivity contribution >= 4 is 11.9 Å². The second-order valence-corrected chi connectivity index (χ2v) is 4.71. The topological polar surface area (TPSA) is 97.8 Å². The molecule has 1 aliphatic heterocycles. The second kappa shape index (κ2) is 6.26. The average molecular weight is 264 g/mol. The summed E-state index contributed by atoms with van der Waals surface area (Å²) in [6.07, 6.45) is 4.82. The van der Waals surface area contributed by atoms with Crippen LogP contribution in [0.25, 0.3) is 0 Å². The zero-order chi connectivity index (χ0) is 13.7. The van der Waals surface area contributed by atoms with Crippen molar-refractivity contribution in [2.45, 2.75) is 32.2 Å². The molecule has 2 rings (SSSR count). The third-order valence-corrected chi connectivity index (χ3v) is 3.23. The van der Waals surface area contributed by atoms with Gasteiger partial charge >= 0.3 is 0 Å². The van der Waals surface area contributed by atoms with Crippen molar-refractivity contribution < 1.29 is 9.21 Å². The summed E-state index contributed by atoms with van der Waals surface area (Å²) < 4.78 is 5.25. The van der Waals surface area contributed by atoms with Crippen LogP contribution < -0.4 is 11.5 Å². The molecule has 0 radical (unpaired) electrons. The maximum atomic E-state index is 10.9. The second-order valence-electron chi connectivity index (χ2n) is 4.71. The van der Waals surface area contributed by atoms with E-state index in [4.69, 9.17) is 15.9 Å². The zero-order valence-electron chi connectivity index (χ0n) is 11.0. The quantitative estimate of drug-likeness (QED) is 0.630. The molecule has 1 aliphatic rings. The first-order chi connectivity index (χ1) is 9.16. The lowest BCUT2D eigenvalue weighted by Crippen LogP contribution is -2.38. The number of furan rings is 1. The summed E-state index contributed by atoms with van der Waals surface area (Å²) >= 11 is 0. The number of carbonyl (C=O) groups excluding carboxylic acids is 1. The number of carbonyl (C=O) groups is 1. The van der Waals surface area contributed by atoms with Gasteiger partial charge in [-0.3, -0.25) is 4.79 Å². The van der Waals surface area contributed by atoms with E-state index in [2.05, 4.69) is 9.89 Å². The van der Waals surface area contributed by atoms with Crippen molar-refractivity contribution in [3.63, 3.8) is 0 Å². The number of aliphatic imine (C=N–C) groups is 1. The van der Waals surface area contributed by atoms with E-state index in [1.807, 2.05) is 0 Å². The van der Waals surface area contributed by atoms with Gasteiger partial charge < -0.3 is 20.8 Å². The van der Waals surface area contributed by atoms with Crippen molar-refractivity contribution in [2.75, 3.05) is 13.1 Å². The number of rotatable bonds is 3. The Bertz CT molecular complexity index is 459. The zero-order valence-corrected chi connectivity index (χ0v) is 11.0. The van der Waals surface area contributed by atoms with Gasteiger partial charge in [-0.2, -0.15) is 0 Å². The van der Waals surface area contributed by atoms with Crippen LogP contribution in [-0.4, -0.2) is 29.9 Å². The standard InChI is InChI=1S/C13H20N4O2/c14-12(18)11-6-5-10(19-11)9-16-13(15)17-7-3-1-2-4-8-17/h5-6H,1-4,7-9H2,(H2,14,18)(H2,15,16). The third-order valence-electron chi connectivity index (χ3n) is 3.23. The molecule has 1 amide bonds. The number of amides is 1. The van der Waals surface area contributed by atoms with Crippen LogP contribution in [-0.2, 0) is 6.54 Å². The molecule has 4 N–H and O–H groups in total. The molecule has 1 fully saturated rings. The van der Waals surface area contributed by atoms with E-state index < -0.39 is 5.91 Å². The van der Waals surface area contributed by atoms with Gasteiger partial charge in [0.1, 0.15) is 12.3 Å². The summed E-state index contributed by atoms with van der Waals surface area (Å²) in [7, 11) is 0. The van der Waals surface area contributed by atoms with Gasteiger partial charge in [0.2, 0.25) is 0 Å². The van der Waals surface area contributed by atoms with Crippen molar-refractivity contribution in [3.8, 4) is 0 Å². The molecule has 0 aromatic carbocycles. The fraction of sp³-hybridized carbons (Fsp3) is 0.538. The molecule has 0 bridgehead atoms. The number of nitrogens with zero attached hydrogens (tertiary/aromatic N) is 2. The van der Waals surface area contributed by atoms with Crippen LogP contribution in [0.15, 0.2) is 21.5 Å². The predicted molar refractivity (Wildman–Crippen MR) is 72.6 cm³/mol. The minimum atomic E-state index is -0.573. The number of guanidine groups is 1. The highest BCUT2D eigenvalue weighted by molar-refractivity contribution is 5.89. The average Bonchev–Trinajstić information content (AvgIpc) is 2.70. The third kappa shape index (κ3) is 3.74. The van der Waals surface area contributed by atoms with Crippen molar-refractivity contribution in [1.29, 1.82) is 0 Å². The summed E-state index contributed by atoms with van der Waals surface area (Å²) in [4.78, 5) is 17.3. The Balaban J connectivity index is 1.94. The van der Waals surface area contributed by atoms with Gasteiger partial charge in [0, 0.05) is 13.1 Å². The molecule has 0 atom stereocenters. The molecule has 19 heavy (non-hydrogen) atoms. The minimum Gasteiger partial charge on any atom is -0.454 e. The normalized spacial score (nSPS) is 17.3.